The van der Waals surface area contributed by atoms with E-state index in [2.05, 4.69) is 16.0 Å². The molecule has 2 unspecified atom stereocenters. The number of morpholine rings is 1. The van der Waals surface area contributed by atoms with Gasteiger partial charge in [-0.2, -0.15) is 0 Å². The number of anilines is 1. The summed E-state index contributed by atoms with van der Waals surface area (Å²) in [5.41, 5.74) is 4.15. The molecule has 0 aliphatic carbocycles. The number of rotatable bonds is 13. The Morgan fingerprint density at radius 2 is 1.49 bits per heavy atom. The van der Waals surface area contributed by atoms with Gasteiger partial charge < -0.3 is 30.2 Å². The molecule has 3 N–H and O–H groups in total. The zero-order valence-electron chi connectivity index (χ0n) is 27.5. The lowest BCUT2D eigenvalue weighted by Gasteiger charge is -2.31. The number of sulfone groups is 1. The predicted molar refractivity (Wildman–Crippen MR) is 189 cm³/mol. The molecule has 1 fully saturated rings. The maximum atomic E-state index is 13.8. The van der Waals surface area contributed by atoms with Crippen LogP contribution < -0.4 is 20.7 Å². The highest BCUT2D eigenvalue weighted by Crippen LogP contribution is 2.25. The van der Waals surface area contributed by atoms with E-state index in [-0.39, 0.29) is 17.1 Å². The fourth-order valence-corrected chi connectivity index (χ4v) is 6.16. The van der Waals surface area contributed by atoms with Crippen molar-refractivity contribution in [1.82, 2.24) is 10.6 Å². The summed E-state index contributed by atoms with van der Waals surface area (Å²) in [5.74, 6) is 0.150. The van der Waals surface area contributed by atoms with Gasteiger partial charge in [-0.3, -0.25) is 4.79 Å². The first-order valence-corrected chi connectivity index (χ1v) is 17.9. The van der Waals surface area contributed by atoms with Crippen LogP contribution in [0.1, 0.15) is 23.1 Å². The first-order valence-electron chi connectivity index (χ1n) is 16.0. The monoisotopic (exact) mass is 683 g/mol. The minimum Gasteiger partial charge on any atom is -0.491 e. The molecule has 1 heterocycles. The summed E-state index contributed by atoms with van der Waals surface area (Å²) in [4.78, 5) is 26.4. The summed E-state index contributed by atoms with van der Waals surface area (Å²) in [5, 5.41) is 9.11. The maximum absolute atomic E-state index is 13.8. The van der Waals surface area contributed by atoms with Gasteiger partial charge in [0, 0.05) is 25.0 Å². The molecule has 0 radical (unpaired) electrons. The van der Waals surface area contributed by atoms with Crippen LogP contribution in [-0.4, -0.2) is 71.7 Å². The Bertz CT molecular complexity index is 1790. The third-order valence-corrected chi connectivity index (χ3v) is 9.20. The Morgan fingerprint density at radius 3 is 2.12 bits per heavy atom. The molecule has 0 saturated carbocycles. The van der Waals surface area contributed by atoms with E-state index in [1.807, 2.05) is 84.9 Å². The van der Waals surface area contributed by atoms with Gasteiger partial charge in [-0.05, 0) is 71.5 Å². The van der Waals surface area contributed by atoms with Gasteiger partial charge in [0.05, 0.1) is 18.1 Å². The molecule has 1 aliphatic rings. The molecule has 0 spiro atoms. The van der Waals surface area contributed by atoms with Crippen LogP contribution in [0.2, 0.25) is 0 Å². The van der Waals surface area contributed by atoms with Crippen LogP contribution >= 0.6 is 0 Å². The molecule has 11 heteroatoms. The van der Waals surface area contributed by atoms with Crippen LogP contribution in [0.4, 0.5) is 10.5 Å². The average molecular weight is 684 g/mol. The smallest absolute Gasteiger partial charge is 0.407 e. The van der Waals surface area contributed by atoms with Crippen LogP contribution in [0.15, 0.2) is 120 Å². The number of aryl methyl sites for hydroxylation is 1. The summed E-state index contributed by atoms with van der Waals surface area (Å²) < 4.78 is 40.5. The normalized spacial score (nSPS) is 16.5. The molecule has 4 aromatic carbocycles. The second kappa shape index (κ2) is 16.9. The lowest BCUT2D eigenvalue weighted by Crippen LogP contribution is -2.47. The van der Waals surface area contributed by atoms with Crippen LogP contribution in [0.25, 0.3) is 5.57 Å². The number of para-hydroxylation sites is 1. The fraction of sp³-hybridized carbons (Fsp3) is 0.263. The van der Waals surface area contributed by atoms with Crippen molar-refractivity contribution in [2.75, 3.05) is 38.4 Å². The highest BCUT2D eigenvalue weighted by atomic mass is 32.2. The predicted octanol–water partition coefficient (Wildman–Crippen LogP) is 5.25. The molecule has 1 aliphatic heterocycles. The number of carbonyl (C=O) groups excluding carboxylic acids is 2. The van der Waals surface area contributed by atoms with Crippen molar-refractivity contribution in [3.8, 4) is 5.75 Å². The summed E-state index contributed by atoms with van der Waals surface area (Å²) in [7, 11) is -2.02. The Labute approximate surface area is 287 Å². The molecule has 49 heavy (non-hydrogen) atoms. The molecular weight excluding hydrogens is 642 g/mol. The zero-order valence-corrected chi connectivity index (χ0v) is 28.3. The van der Waals surface area contributed by atoms with Crippen LogP contribution in [0.5, 0.6) is 5.75 Å². The van der Waals surface area contributed by atoms with Gasteiger partial charge in [0.15, 0.2) is 9.84 Å². The second-order valence-corrected chi connectivity index (χ2v) is 13.7. The van der Waals surface area contributed by atoms with E-state index in [1.165, 1.54) is 25.5 Å². The van der Waals surface area contributed by atoms with Gasteiger partial charge >= 0.3 is 6.09 Å². The number of ether oxygens (including phenoxy) is 3. The van der Waals surface area contributed by atoms with Crippen LogP contribution in [-0.2, 0) is 30.5 Å². The Morgan fingerprint density at radius 1 is 0.878 bits per heavy atom. The number of alkyl carbamates (subject to hydrolysis) is 1. The number of benzene rings is 4. The van der Waals surface area contributed by atoms with E-state index in [4.69, 9.17) is 14.2 Å². The first kappa shape index (κ1) is 35.3. The van der Waals surface area contributed by atoms with Gasteiger partial charge in [0.1, 0.15) is 24.5 Å². The van der Waals surface area contributed by atoms with E-state index in [9.17, 15) is 18.0 Å². The minimum absolute atomic E-state index is 0.0882. The van der Waals surface area contributed by atoms with E-state index in [0.717, 1.165) is 22.3 Å². The molecule has 3 atom stereocenters. The highest BCUT2D eigenvalue weighted by molar-refractivity contribution is 7.90. The van der Waals surface area contributed by atoms with Crippen molar-refractivity contribution in [2.45, 2.75) is 36.0 Å². The Hall–Kier alpha value is -4.97. The summed E-state index contributed by atoms with van der Waals surface area (Å²) in [6, 6.07) is 32.2. The minimum atomic E-state index is -3.28. The van der Waals surface area contributed by atoms with Crippen LogP contribution in [0, 0.1) is 0 Å². The zero-order chi connectivity index (χ0) is 34.6. The van der Waals surface area contributed by atoms with E-state index >= 15 is 0 Å². The van der Waals surface area contributed by atoms with Crippen molar-refractivity contribution < 1.29 is 32.2 Å². The highest BCUT2D eigenvalue weighted by Gasteiger charge is 2.25. The lowest BCUT2D eigenvalue weighted by atomic mass is 9.95. The molecule has 0 aromatic heterocycles. The third kappa shape index (κ3) is 10.3. The van der Waals surface area contributed by atoms with E-state index in [1.54, 1.807) is 18.2 Å². The largest absolute Gasteiger partial charge is 0.491 e. The molecule has 1 saturated heterocycles. The van der Waals surface area contributed by atoms with Crippen molar-refractivity contribution in [3.05, 3.63) is 132 Å². The number of amides is 2. The Kier molecular flexibility index (Phi) is 12.2. The van der Waals surface area contributed by atoms with Gasteiger partial charge in [0.2, 0.25) is 0 Å². The number of hydrogen-bond donors (Lipinski definition) is 3. The van der Waals surface area contributed by atoms with Crippen LogP contribution in [0.3, 0.4) is 0 Å². The Balaban J connectivity index is 1.25. The van der Waals surface area contributed by atoms with Gasteiger partial charge in [0.25, 0.3) is 5.91 Å². The number of hydrogen-bond acceptors (Lipinski definition) is 8. The third-order valence-electron chi connectivity index (χ3n) is 8.07. The molecule has 2 amide bonds. The number of carbonyl (C=O) groups is 2. The first-order chi connectivity index (χ1) is 23.7. The molecule has 5 rings (SSSR count). The second-order valence-electron chi connectivity index (χ2n) is 11.7. The maximum Gasteiger partial charge on any atom is 0.407 e. The molecule has 256 valence electrons. The van der Waals surface area contributed by atoms with Gasteiger partial charge in [-0.25, -0.2) is 13.2 Å². The SMILES string of the molecule is COC(=O)NC(C=C(c1ccccc1)c1ccccc1)C(=O)Nc1ccccc1CC[C@@H]1CNCC(COc2ccc(S(C)(=O)=O)cc2)O1. The van der Waals surface area contributed by atoms with Crippen molar-refractivity contribution in [1.29, 1.82) is 0 Å². The standard InChI is InChI=1S/C38H41N3O7S/c1-46-38(43)41-36(23-34(27-11-5-3-6-12-27)28-13-7-4-8-14-28)37(42)40-35-16-10-9-15-29(35)17-18-31-24-39-25-32(48-31)26-47-30-19-21-33(22-20-30)49(2,44)45/h3-16,19-23,31-32,36,39H,17-18,24-26H2,1-2H3,(H,40,42)(H,41,43)/t31-,32?,36?/m1/s1. The molecule has 10 nitrogen and oxygen atoms in total. The lowest BCUT2D eigenvalue weighted by molar-refractivity contribution is -0.117. The average Bonchev–Trinajstić information content (AvgIpc) is 3.12. The van der Waals surface area contributed by atoms with Gasteiger partial charge in [-0.15, -0.1) is 0 Å². The number of nitrogens with one attached hydrogen (secondary N) is 3. The van der Waals surface area contributed by atoms with E-state index in [0.29, 0.717) is 44.0 Å². The molecular formula is C38H41N3O7S. The number of methoxy groups -OCH3 is 1. The van der Waals surface area contributed by atoms with Crippen molar-refractivity contribution >= 4 is 33.1 Å². The summed E-state index contributed by atoms with van der Waals surface area (Å²) in [6.45, 7) is 1.61. The fourth-order valence-electron chi connectivity index (χ4n) is 5.53. The molecule has 0 bridgehead atoms. The van der Waals surface area contributed by atoms with Crippen molar-refractivity contribution in [3.63, 3.8) is 0 Å². The quantitative estimate of drug-likeness (QED) is 0.174. The summed E-state index contributed by atoms with van der Waals surface area (Å²) >= 11 is 0. The van der Waals surface area contributed by atoms with E-state index < -0.39 is 27.9 Å². The topological polar surface area (TPSA) is 132 Å². The summed E-state index contributed by atoms with van der Waals surface area (Å²) in [6.07, 6.45) is 3.23. The molecule has 4 aromatic rings. The van der Waals surface area contributed by atoms with Crippen molar-refractivity contribution in [2.24, 2.45) is 0 Å². The van der Waals surface area contributed by atoms with Gasteiger partial charge in [-0.1, -0.05) is 78.9 Å².